The van der Waals surface area contributed by atoms with Crippen LogP contribution in [0.15, 0.2) is 12.2 Å². The maximum atomic E-state index is 12.5. The molecule has 1 aliphatic rings. The number of carboxylic acids is 1. The second-order valence-corrected chi connectivity index (χ2v) is 7.28. The highest BCUT2D eigenvalue weighted by molar-refractivity contribution is 6.38. The minimum absolute atomic E-state index is 0.0232. The van der Waals surface area contributed by atoms with Crippen LogP contribution in [0.25, 0.3) is 0 Å². The second-order valence-electron chi connectivity index (χ2n) is 7.28. The molecule has 0 bridgehead atoms. The van der Waals surface area contributed by atoms with Gasteiger partial charge in [-0.05, 0) is 26.2 Å². The number of esters is 1. The van der Waals surface area contributed by atoms with E-state index in [1.165, 1.54) is 19.9 Å². The number of Topliss-reactive ketones (excluding diaryl/α,β-unsaturated/α-hetero) is 1. The van der Waals surface area contributed by atoms with Gasteiger partial charge < -0.3 is 19.5 Å². The van der Waals surface area contributed by atoms with Crippen molar-refractivity contribution in [2.24, 2.45) is 11.3 Å². The summed E-state index contributed by atoms with van der Waals surface area (Å²) in [7, 11) is 0. The van der Waals surface area contributed by atoms with E-state index in [1.54, 1.807) is 6.08 Å². The van der Waals surface area contributed by atoms with Crippen molar-refractivity contribution in [3.8, 4) is 0 Å². The molecule has 1 heterocycles. The third kappa shape index (κ3) is 6.25. The summed E-state index contributed by atoms with van der Waals surface area (Å²) in [6.07, 6.45) is 3.71. The molecule has 1 fully saturated rings. The smallest absolute Gasteiger partial charge is 0.330 e. The van der Waals surface area contributed by atoms with Gasteiger partial charge in [-0.15, -0.1) is 0 Å². The first-order valence-corrected chi connectivity index (χ1v) is 8.55. The fourth-order valence-electron chi connectivity index (χ4n) is 2.27. The quantitative estimate of drug-likeness (QED) is 0.387. The number of ketones is 1. The predicted octanol–water partition coefficient (Wildman–Crippen LogP) is 1.04. The van der Waals surface area contributed by atoms with Gasteiger partial charge >= 0.3 is 11.9 Å². The zero-order valence-corrected chi connectivity index (χ0v) is 15.7. The van der Waals surface area contributed by atoms with Crippen molar-refractivity contribution < 1.29 is 33.8 Å². The van der Waals surface area contributed by atoms with Gasteiger partial charge in [-0.2, -0.15) is 0 Å². The number of hydrogen-bond donors (Lipinski definition) is 1. The van der Waals surface area contributed by atoms with Gasteiger partial charge in [-0.1, -0.05) is 19.9 Å². The highest BCUT2D eigenvalue weighted by atomic mass is 16.5. The molecule has 1 N–H and O–H groups in total. The van der Waals surface area contributed by atoms with E-state index in [-0.39, 0.29) is 26.4 Å². The summed E-state index contributed by atoms with van der Waals surface area (Å²) in [5.74, 6) is -3.12. The van der Waals surface area contributed by atoms with Gasteiger partial charge in [-0.25, -0.2) is 9.59 Å². The van der Waals surface area contributed by atoms with Crippen LogP contribution in [0.5, 0.6) is 0 Å². The summed E-state index contributed by atoms with van der Waals surface area (Å²) in [6, 6.07) is -1.20. The minimum Gasteiger partial charge on any atom is -0.480 e. The molecule has 0 aromatic rings. The lowest BCUT2D eigenvalue weighted by molar-refractivity contribution is -0.164. The van der Waals surface area contributed by atoms with Crippen LogP contribution in [0.3, 0.4) is 0 Å². The van der Waals surface area contributed by atoms with E-state index in [0.29, 0.717) is 5.92 Å². The lowest BCUT2D eigenvalue weighted by Gasteiger charge is -2.34. The second kappa shape index (κ2) is 9.47. The van der Waals surface area contributed by atoms with Gasteiger partial charge in [-0.3, -0.25) is 9.59 Å². The van der Waals surface area contributed by atoms with Crippen molar-refractivity contribution in [2.45, 2.75) is 40.2 Å². The molecular weight excluding hydrogens is 342 g/mol. The van der Waals surface area contributed by atoms with Crippen molar-refractivity contribution in [1.29, 1.82) is 0 Å². The highest BCUT2D eigenvalue weighted by Crippen LogP contribution is 2.20. The molecule has 8 nitrogen and oxygen atoms in total. The summed E-state index contributed by atoms with van der Waals surface area (Å²) >= 11 is 0. The number of ether oxygens (including phenoxy) is 2. The molecular formula is C18H27NO7. The van der Waals surface area contributed by atoms with Crippen LogP contribution in [0.4, 0.5) is 0 Å². The molecule has 1 saturated heterocycles. The summed E-state index contributed by atoms with van der Waals surface area (Å²) in [5.41, 5.74) is -1.26. The van der Waals surface area contributed by atoms with Gasteiger partial charge in [0.2, 0.25) is 5.78 Å². The Morgan fingerprint density at radius 1 is 1.31 bits per heavy atom. The molecule has 1 amide bonds. The maximum Gasteiger partial charge on any atom is 0.330 e. The van der Waals surface area contributed by atoms with E-state index in [4.69, 9.17) is 9.47 Å². The number of nitrogens with zero attached hydrogens (tertiary/aromatic N) is 1. The fourth-order valence-corrected chi connectivity index (χ4v) is 2.27. The number of rotatable bonds is 8. The maximum absolute atomic E-state index is 12.5. The number of carboxylic acid groups (broad SMARTS) is 1. The number of morpholine rings is 1. The van der Waals surface area contributed by atoms with Gasteiger partial charge in [0.1, 0.15) is 6.61 Å². The zero-order chi connectivity index (χ0) is 19.9. The van der Waals surface area contributed by atoms with Crippen molar-refractivity contribution in [3.05, 3.63) is 12.2 Å². The molecule has 1 rings (SSSR count). The lowest BCUT2D eigenvalue weighted by atomic mass is 9.88. The number of carbonyl (C=O) groups is 4. The number of hydrogen-bond acceptors (Lipinski definition) is 6. The molecule has 0 aromatic heterocycles. The average Bonchev–Trinajstić information content (AvgIpc) is 2.58. The molecule has 1 aliphatic heterocycles. The van der Waals surface area contributed by atoms with E-state index < -0.39 is 35.1 Å². The Kier molecular flexibility index (Phi) is 7.95. The van der Waals surface area contributed by atoms with Crippen LogP contribution in [-0.4, -0.2) is 66.0 Å². The highest BCUT2D eigenvalue weighted by Gasteiger charge is 2.41. The van der Waals surface area contributed by atoms with E-state index in [9.17, 15) is 24.3 Å². The first kappa shape index (κ1) is 21.8. The van der Waals surface area contributed by atoms with Crippen LogP contribution < -0.4 is 0 Å². The van der Waals surface area contributed by atoms with Gasteiger partial charge in [0, 0.05) is 12.6 Å². The number of aliphatic carboxylic acids is 1. The van der Waals surface area contributed by atoms with Crippen LogP contribution in [-0.2, 0) is 28.7 Å². The standard InChI is InChI=1S/C18H27NO7/c1-12(2)6-5-7-14(20)26-11-18(3,4)15(21)16(22)19-8-9-25-10-13(19)17(23)24/h5,7,12-13H,6,8-11H2,1-4H3,(H,23,24)/b7-5-/t13-/m0/s1. The average molecular weight is 369 g/mol. The predicted molar refractivity (Wildman–Crippen MR) is 92.3 cm³/mol. The number of allylic oxidation sites excluding steroid dienone is 1. The van der Waals surface area contributed by atoms with Gasteiger partial charge in [0.15, 0.2) is 6.04 Å². The van der Waals surface area contributed by atoms with Gasteiger partial charge in [0.25, 0.3) is 5.91 Å². The fraction of sp³-hybridized carbons (Fsp3) is 0.667. The third-order valence-corrected chi connectivity index (χ3v) is 3.92. The molecule has 1 atom stereocenters. The van der Waals surface area contributed by atoms with E-state index in [1.807, 2.05) is 13.8 Å². The van der Waals surface area contributed by atoms with Crippen molar-refractivity contribution in [3.63, 3.8) is 0 Å². The first-order valence-electron chi connectivity index (χ1n) is 8.55. The van der Waals surface area contributed by atoms with Crippen molar-refractivity contribution in [2.75, 3.05) is 26.4 Å². The molecule has 146 valence electrons. The molecule has 0 saturated carbocycles. The summed E-state index contributed by atoms with van der Waals surface area (Å²) in [4.78, 5) is 48.9. The molecule has 0 radical (unpaired) electrons. The molecule has 0 unspecified atom stereocenters. The number of carbonyl (C=O) groups excluding carboxylic acids is 3. The third-order valence-electron chi connectivity index (χ3n) is 3.92. The van der Waals surface area contributed by atoms with Crippen molar-refractivity contribution >= 4 is 23.6 Å². The van der Waals surface area contributed by atoms with Crippen LogP contribution >= 0.6 is 0 Å². The minimum atomic E-state index is -1.26. The topological polar surface area (TPSA) is 110 Å². The van der Waals surface area contributed by atoms with Crippen LogP contribution in [0.2, 0.25) is 0 Å². The number of amides is 1. The first-order chi connectivity index (χ1) is 12.1. The van der Waals surface area contributed by atoms with E-state index in [0.717, 1.165) is 11.3 Å². The summed E-state index contributed by atoms with van der Waals surface area (Å²) in [5, 5.41) is 9.18. The van der Waals surface area contributed by atoms with Crippen molar-refractivity contribution in [1.82, 2.24) is 4.90 Å². The van der Waals surface area contributed by atoms with E-state index >= 15 is 0 Å². The molecule has 26 heavy (non-hydrogen) atoms. The summed E-state index contributed by atoms with van der Waals surface area (Å²) in [6.45, 7) is 6.74. The Labute approximate surface area is 153 Å². The SMILES string of the molecule is CC(C)C/C=C\C(=O)OCC(C)(C)C(=O)C(=O)N1CCOC[C@H]1C(=O)O. The Hall–Kier alpha value is -2.22. The lowest BCUT2D eigenvalue weighted by Crippen LogP contribution is -2.56. The Balaban J connectivity index is 2.68. The Morgan fingerprint density at radius 3 is 2.54 bits per heavy atom. The molecule has 0 aliphatic carbocycles. The van der Waals surface area contributed by atoms with Gasteiger partial charge in [0.05, 0.1) is 18.6 Å². The normalized spacial score (nSPS) is 18.2. The molecule has 0 aromatic carbocycles. The largest absolute Gasteiger partial charge is 0.480 e. The molecule has 0 spiro atoms. The van der Waals surface area contributed by atoms with Crippen LogP contribution in [0, 0.1) is 11.3 Å². The Morgan fingerprint density at radius 2 is 1.96 bits per heavy atom. The summed E-state index contributed by atoms with van der Waals surface area (Å²) < 4.78 is 10.1. The molecule has 8 heteroatoms. The monoisotopic (exact) mass is 369 g/mol. The van der Waals surface area contributed by atoms with E-state index in [2.05, 4.69) is 0 Å². The van der Waals surface area contributed by atoms with Crippen LogP contribution in [0.1, 0.15) is 34.1 Å². The Bertz CT molecular complexity index is 580. The zero-order valence-electron chi connectivity index (χ0n) is 15.7.